The molecule has 0 atom stereocenters. The van der Waals surface area contributed by atoms with Crippen LogP contribution in [-0.2, 0) is 0 Å². The van der Waals surface area contributed by atoms with E-state index in [0.29, 0.717) is 11.4 Å². The number of hydrogen-bond donors (Lipinski definition) is 4. The predicted molar refractivity (Wildman–Crippen MR) is 92.6 cm³/mol. The highest BCUT2D eigenvalue weighted by molar-refractivity contribution is 9.11. The van der Waals surface area contributed by atoms with E-state index in [1.165, 1.54) is 0 Å². The van der Waals surface area contributed by atoms with Gasteiger partial charge in [-0.05, 0) is 30.3 Å². The van der Waals surface area contributed by atoms with Crippen LogP contribution in [0.25, 0.3) is 0 Å². The van der Waals surface area contributed by atoms with Crippen LogP contribution < -0.4 is 21.9 Å². The molecule has 2 aromatic carbocycles. The lowest BCUT2D eigenvalue weighted by Gasteiger charge is -2.11. The van der Waals surface area contributed by atoms with Crippen molar-refractivity contribution >= 4 is 55.2 Å². The van der Waals surface area contributed by atoms with Crippen LogP contribution in [0.2, 0.25) is 0 Å². The Hall–Kier alpha value is -1.90. The van der Waals surface area contributed by atoms with E-state index in [2.05, 4.69) is 42.5 Å². The van der Waals surface area contributed by atoms with Crippen molar-refractivity contribution in [3.63, 3.8) is 0 Å². The van der Waals surface area contributed by atoms with E-state index in [9.17, 15) is 9.59 Å². The Morgan fingerprint density at radius 1 is 0.955 bits per heavy atom. The molecule has 0 spiro atoms. The molecule has 0 aliphatic rings. The van der Waals surface area contributed by atoms with Gasteiger partial charge in [-0.15, -0.1) is 0 Å². The molecule has 5 N–H and O–H groups in total. The van der Waals surface area contributed by atoms with Gasteiger partial charge in [-0.25, -0.2) is 10.6 Å². The highest BCUT2D eigenvalue weighted by atomic mass is 79.9. The molecule has 22 heavy (non-hydrogen) atoms. The van der Waals surface area contributed by atoms with Crippen molar-refractivity contribution in [1.29, 1.82) is 0 Å². The van der Waals surface area contributed by atoms with Crippen molar-refractivity contribution in [2.75, 3.05) is 10.6 Å². The number of carbonyl (C=O) groups is 2. The highest BCUT2D eigenvalue weighted by Crippen LogP contribution is 2.23. The Bertz CT molecular complexity index is 701. The first-order valence-corrected chi connectivity index (χ1v) is 7.72. The molecule has 0 saturated heterocycles. The molecule has 6 nitrogen and oxygen atoms in total. The number of nitrogens with two attached hydrogens (primary N) is 1. The summed E-state index contributed by atoms with van der Waals surface area (Å²) in [5.74, 6) is 4.64. The standard InChI is InChI=1S/C14H12Br2N4O2/c15-8-5-9(16)7-10(6-8)18-14(22)19-12-4-2-1-3-11(12)13(21)20-17/h1-7H,17H2,(H,20,21)(H2,18,19,22). The largest absolute Gasteiger partial charge is 0.323 e. The summed E-state index contributed by atoms with van der Waals surface area (Å²) in [4.78, 5) is 23.7. The van der Waals surface area contributed by atoms with Crippen LogP contribution in [0.1, 0.15) is 10.4 Å². The maximum atomic E-state index is 12.1. The van der Waals surface area contributed by atoms with Crippen molar-refractivity contribution in [1.82, 2.24) is 5.43 Å². The van der Waals surface area contributed by atoms with E-state index in [1.807, 2.05) is 11.5 Å². The number of urea groups is 1. The highest BCUT2D eigenvalue weighted by Gasteiger charge is 2.12. The number of nitrogens with one attached hydrogen (secondary N) is 3. The van der Waals surface area contributed by atoms with Gasteiger partial charge in [0, 0.05) is 14.6 Å². The first-order valence-electron chi connectivity index (χ1n) is 6.13. The maximum absolute atomic E-state index is 12.1. The summed E-state index contributed by atoms with van der Waals surface area (Å²) in [6.07, 6.45) is 0. The van der Waals surface area contributed by atoms with Gasteiger partial charge in [0.1, 0.15) is 0 Å². The third-order valence-corrected chi connectivity index (χ3v) is 3.59. The van der Waals surface area contributed by atoms with Crippen molar-refractivity contribution in [3.8, 4) is 0 Å². The molecule has 0 bridgehead atoms. The monoisotopic (exact) mass is 426 g/mol. The fourth-order valence-corrected chi connectivity index (χ4v) is 3.07. The summed E-state index contributed by atoms with van der Waals surface area (Å²) >= 11 is 6.68. The quantitative estimate of drug-likeness (QED) is 0.343. The number of hydrogen-bond acceptors (Lipinski definition) is 3. The molecule has 2 aromatic rings. The van der Waals surface area contributed by atoms with E-state index in [1.54, 1.807) is 36.4 Å². The first kappa shape index (κ1) is 16.5. The van der Waals surface area contributed by atoms with Gasteiger partial charge in [-0.1, -0.05) is 44.0 Å². The second-order valence-corrected chi connectivity index (χ2v) is 6.09. The smallest absolute Gasteiger partial charge is 0.308 e. The van der Waals surface area contributed by atoms with Gasteiger partial charge < -0.3 is 10.6 Å². The van der Waals surface area contributed by atoms with E-state index in [0.717, 1.165) is 8.95 Å². The summed E-state index contributed by atoms with van der Waals surface area (Å²) in [6.45, 7) is 0. The minimum atomic E-state index is -0.485. The molecule has 0 saturated carbocycles. The van der Waals surface area contributed by atoms with Crippen LogP contribution in [0.4, 0.5) is 16.2 Å². The van der Waals surface area contributed by atoms with Crippen LogP contribution in [-0.4, -0.2) is 11.9 Å². The molecule has 8 heteroatoms. The van der Waals surface area contributed by atoms with Crippen LogP contribution in [0.3, 0.4) is 0 Å². The normalized spacial score (nSPS) is 9.95. The lowest BCUT2D eigenvalue weighted by molar-refractivity contribution is 0.0954. The molecular formula is C14H12Br2N4O2. The Labute approximate surface area is 143 Å². The number of amides is 3. The lowest BCUT2D eigenvalue weighted by Crippen LogP contribution is -2.31. The number of rotatable bonds is 3. The first-order chi connectivity index (χ1) is 10.5. The lowest BCUT2D eigenvalue weighted by atomic mass is 10.1. The predicted octanol–water partition coefficient (Wildman–Crippen LogP) is 3.46. The van der Waals surface area contributed by atoms with Crippen LogP contribution in [0.5, 0.6) is 0 Å². The molecule has 2 rings (SSSR count). The Morgan fingerprint density at radius 2 is 1.59 bits per heavy atom. The molecule has 0 fully saturated rings. The molecule has 0 unspecified atom stereocenters. The van der Waals surface area contributed by atoms with Gasteiger partial charge in [0.2, 0.25) is 0 Å². The Kier molecular flexibility index (Phi) is 5.53. The van der Waals surface area contributed by atoms with Gasteiger partial charge in [0.25, 0.3) is 5.91 Å². The summed E-state index contributed by atoms with van der Waals surface area (Å²) < 4.78 is 1.64. The average molecular weight is 428 g/mol. The van der Waals surface area contributed by atoms with Crippen molar-refractivity contribution in [2.24, 2.45) is 5.84 Å². The van der Waals surface area contributed by atoms with Gasteiger partial charge in [0.05, 0.1) is 11.3 Å². The van der Waals surface area contributed by atoms with Crippen LogP contribution >= 0.6 is 31.9 Å². The van der Waals surface area contributed by atoms with Gasteiger partial charge in [-0.2, -0.15) is 0 Å². The van der Waals surface area contributed by atoms with E-state index < -0.39 is 11.9 Å². The molecule has 0 aliphatic carbocycles. The zero-order valence-electron chi connectivity index (χ0n) is 11.2. The minimum Gasteiger partial charge on any atom is -0.308 e. The fourth-order valence-electron chi connectivity index (χ4n) is 1.78. The summed E-state index contributed by atoms with van der Waals surface area (Å²) in [5.41, 5.74) is 3.27. The number of nitrogen functional groups attached to an aromatic ring is 1. The van der Waals surface area contributed by atoms with Crippen molar-refractivity contribution in [2.45, 2.75) is 0 Å². The average Bonchev–Trinajstić information content (AvgIpc) is 2.45. The molecule has 3 amide bonds. The number of halogens is 2. The van der Waals surface area contributed by atoms with Gasteiger partial charge in [-0.3, -0.25) is 10.2 Å². The molecule has 0 aromatic heterocycles. The Morgan fingerprint density at radius 3 is 2.23 bits per heavy atom. The summed E-state index contributed by atoms with van der Waals surface area (Å²) in [6, 6.07) is 11.4. The summed E-state index contributed by atoms with van der Waals surface area (Å²) in [7, 11) is 0. The zero-order valence-corrected chi connectivity index (χ0v) is 14.4. The SMILES string of the molecule is NNC(=O)c1ccccc1NC(=O)Nc1cc(Br)cc(Br)c1. The fraction of sp³-hybridized carbons (Fsp3) is 0. The Balaban J connectivity index is 2.14. The van der Waals surface area contributed by atoms with Gasteiger partial charge in [0.15, 0.2) is 0 Å². The van der Waals surface area contributed by atoms with Crippen molar-refractivity contribution in [3.05, 3.63) is 57.0 Å². The number of hydrazine groups is 1. The number of anilines is 2. The van der Waals surface area contributed by atoms with E-state index in [4.69, 9.17) is 5.84 Å². The molecule has 0 heterocycles. The third kappa shape index (κ3) is 4.30. The molecule has 114 valence electrons. The molecular weight excluding hydrogens is 416 g/mol. The minimum absolute atomic E-state index is 0.274. The molecule has 0 radical (unpaired) electrons. The maximum Gasteiger partial charge on any atom is 0.323 e. The zero-order chi connectivity index (χ0) is 16.1. The third-order valence-electron chi connectivity index (χ3n) is 2.67. The molecule has 0 aliphatic heterocycles. The second kappa shape index (κ2) is 7.39. The summed E-state index contributed by atoms with van der Waals surface area (Å²) in [5, 5.41) is 5.30. The number of carbonyl (C=O) groups excluding carboxylic acids is 2. The van der Waals surface area contributed by atoms with E-state index >= 15 is 0 Å². The topological polar surface area (TPSA) is 96.2 Å². The van der Waals surface area contributed by atoms with E-state index in [-0.39, 0.29) is 5.56 Å². The van der Waals surface area contributed by atoms with Crippen LogP contribution in [0.15, 0.2) is 51.4 Å². The number of benzene rings is 2. The number of para-hydroxylation sites is 1. The van der Waals surface area contributed by atoms with Gasteiger partial charge >= 0.3 is 6.03 Å². The van der Waals surface area contributed by atoms with Crippen molar-refractivity contribution < 1.29 is 9.59 Å². The van der Waals surface area contributed by atoms with Crippen LogP contribution in [0, 0.1) is 0 Å². The second-order valence-electron chi connectivity index (χ2n) is 4.26.